The second-order valence-corrected chi connectivity index (χ2v) is 5.39. The van der Waals surface area contributed by atoms with Gasteiger partial charge in [-0.15, -0.1) is 0 Å². The second-order valence-electron chi connectivity index (χ2n) is 4.41. The van der Waals surface area contributed by atoms with Crippen molar-refractivity contribution in [1.29, 1.82) is 0 Å². The molecule has 21 heavy (non-hydrogen) atoms. The number of imidazole rings is 1. The minimum atomic E-state index is -0.411. The molecular formula is C14H13N3O3S. The Morgan fingerprint density at radius 2 is 2.19 bits per heavy atom. The van der Waals surface area contributed by atoms with Gasteiger partial charge >= 0.3 is 11.7 Å². The van der Waals surface area contributed by atoms with E-state index in [0.717, 1.165) is 22.4 Å². The van der Waals surface area contributed by atoms with Crippen molar-refractivity contribution in [2.24, 2.45) is 0 Å². The van der Waals surface area contributed by atoms with E-state index in [-0.39, 0.29) is 5.69 Å². The average molecular weight is 303 g/mol. The number of para-hydroxylation sites is 2. The fourth-order valence-electron chi connectivity index (χ4n) is 2.11. The zero-order valence-electron chi connectivity index (χ0n) is 11.5. The molecule has 1 N–H and O–H groups in total. The van der Waals surface area contributed by atoms with Crippen LogP contribution in [0.25, 0.3) is 16.2 Å². The molecule has 6 nitrogen and oxygen atoms in total. The van der Waals surface area contributed by atoms with E-state index in [1.807, 2.05) is 24.3 Å². The topological polar surface area (TPSA) is 77.0 Å². The number of aromatic amines is 1. The summed E-state index contributed by atoms with van der Waals surface area (Å²) in [6, 6.07) is 7.34. The van der Waals surface area contributed by atoms with Gasteiger partial charge in [0.15, 0.2) is 5.13 Å². The van der Waals surface area contributed by atoms with E-state index < -0.39 is 5.97 Å². The summed E-state index contributed by atoms with van der Waals surface area (Å²) in [7, 11) is 0. The highest BCUT2D eigenvalue weighted by Gasteiger charge is 2.19. The van der Waals surface area contributed by atoms with Crippen LogP contribution in [-0.2, 0) is 4.74 Å². The van der Waals surface area contributed by atoms with Gasteiger partial charge in [0.2, 0.25) is 0 Å². The number of carbonyl (C=O) groups excluding carboxylic acids is 1. The molecule has 0 radical (unpaired) electrons. The predicted molar refractivity (Wildman–Crippen MR) is 80.3 cm³/mol. The Hall–Kier alpha value is -2.41. The minimum Gasteiger partial charge on any atom is -0.462 e. The SMILES string of the molecule is CCOC(=O)c1sc(-n2c(=O)[nH]c3ccccc32)nc1C. The van der Waals surface area contributed by atoms with Gasteiger partial charge < -0.3 is 9.72 Å². The molecular weight excluding hydrogens is 290 g/mol. The fraction of sp³-hybridized carbons (Fsp3) is 0.214. The number of thiazole rings is 1. The third-order valence-corrected chi connectivity index (χ3v) is 4.15. The van der Waals surface area contributed by atoms with Crippen LogP contribution < -0.4 is 5.69 Å². The van der Waals surface area contributed by atoms with Crippen molar-refractivity contribution in [3.05, 3.63) is 45.3 Å². The molecule has 0 atom stereocenters. The number of fused-ring (bicyclic) bond motifs is 1. The molecule has 0 fully saturated rings. The first kappa shape index (κ1) is 13.6. The molecule has 7 heteroatoms. The smallest absolute Gasteiger partial charge is 0.350 e. The van der Waals surface area contributed by atoms with Crippen molar-refractivity contribution in [3.63, 3.8) is 0 Å². The van der Waals surface area contributed by atoms with E-state index in [1.54, 1.807) is 13.8 Å². The summed E-state index contributed by atoms with van der Waals surface area (Å²) in [6.07, 6.45) is 0. The lowest BCUT2D eigenvalue weighted by Crippen LogP contribution is -2.14. The molecule has 0 saturated carbocycles. The van der Waals surface area contributed by atoms with Gasteiger partial charge in [-0.25, -0.2) is 19.1 Å². The van der Waals surface area contributed by atoms with Crippen molar-refractivity contribution >= 4 is 28.3 Å². The van der Waals surface area contributed by atoms with Crippen LogP contribution in [0.1, 0.15) is 22.3 Å². The molecule has 0 aliphatic carbocycles. The van der Waals surface area contributed by atoms with Crippen LogP contribution in [0.5, 0.6) is 0 Å². The number of esters is 1. The van der Waals surface area contributed by atoms with Crippen LogP contribution in [-0.4, -0.2) is 27.1 Å². The Balaban J connectivity index is 2.16. The molecule has 1 aromatic carbocycles. The fourth-order valence-corrected chi connectivity index (χ4v) is 3.08. The van der Waals surface area contributed by atoms with Gasteiger partial charge in [-0.1, -0.05) is 23.5 Å². The van der Waals surface area contributed by atoms with E-state index in [9.17, 15) is 9.59 Å². The third kappa shape index (κ3) is 2.25. The van der Waals surface area contributed by atoms with E-state index >= 15 is 0 Å². The van der Waals surface area contributed by atoms with Gasteiger partial charge in [-0.3, -0.25) is 0 Å². The first-order valence-corrected chi connectivity index (χ1v) is 7.28. The van der Waals surface area contributed by atoms with Gasteiger partial charge in [0.1, 0.15) is 4.88 Å². The van der Waals surface area contributed by atoms with Crippen LogP contribution in [0.15, 0.2) is 29.1 Å². The Morgan fingerprint density at radius 1 is 1.43 bits per heavy atom. The standard InChI is InChI=1S/C14H13N3O3S/c1-3-20-12(18)11-8(2)15-14(21-11)17-10-7-5-4-6-9(10)16-13(17)19/h4-7H,3H2,1-2H3,(H,16,19). The maximum absolute atomic E-state index is 12.1. The van der Waals surface area contributed by atoms with E-state index in [4.69, 9.17) is 4.74 Å². The van der Waals surface area contributed by atoms with Crippen molar-refractivity contribution < 1.29 is 9.53 Å². The highest BCUT2D eigenvalue weighted by atomic mass is 32.1. The number of hydrogen-bond donors (Lipinski definition) is 1. The zero-order chi connectivity index (χ0) is 15.0. The van der Waals surface area contributed by atoms with Crippen LogP contribution in [0, 0.1) is 6.92 Å². The Kier molecular flexibility index (Phi) is 3.34. The number of aryl methyl sites for hydroxylation is 1. The van der Waals surface area contributed by atoms with E-state index in [2.05, 4.69) is 9.97 Å². The second kappa shape index (κ2) is 5.17. The molecule has 0 amide bonds. The van der Waals surface area contributed by atoms with Crippen LogP contribution in [0.4, 0.5) is 0 Å². The Labute approximate surface area is 124 Å². The quantitative estimate of drug-likeness (QED) is 0.753. The monoisotopic (exact) mass is 303 g/mol. The highest BCUT2D eigenvalue weighted by molar-refractivity contribution is 7.16. The molecule has 0 aliphatic heterocycles. The first-order chi connectivity index (χ1) is 10.1. The summed E-state index contributed by atoms with van der Waals surface area (Å²) >= 11 is 1.15. The number of hydrogen-bond acceptors (Lipinski definition) is 5. The number of nitrogens with one attached hydrogen (secondary N) is 1. The van der Waals surface area contributed by atoms with Gasteiger partial charge in [0.05, 0.1) is 23.3 Å². The lowest BCUT2D eigenvalue weighted by molar-refractivity contribution is 0.0531. The molecule has 108 valence electrons. The molecule has 0 bridgehead atoms. The minimum absolute atomic E-state index is 0.277. The van der Waals surface area contributed by atoms with Crippen molar-refractivity contribution in [2.45, 2.75) is 13.8 Å². The summed E-state index contributed by atoms with van der Waals surface area (Å²) in [5.41, 5.74) is 1.74. The summed E-state index contributed by atoms with van der Waals surface area (Å²) < 4.78 is 6.46. The largest absolute Gasteiger partial charge is 0.462 e. The first-order valence-electron chi connectivity index (χ1n) is 6.46. The molecule has 0 saturated heterocycles. The number of carbonyl (C=O) groups is 1. The summed E-state index contributed by atoms with van der Waals surface area (Å²) in [4.78, 5) is 31.5. The zero-order valence-corrected chi connectivity index (χ0v) is 12.4. The Morgan fingerprint density at radius 3 is 2.95 bits per heavy atom. The number of benzene rings is 1. The lowest BCUT2D eigenvalue weighted by Gasteiger charge is -1.98. The van der Waals surface area contributed by atoms with Crippen molar-refractivity contribution in [3.8, 4) is 5.13 Å². The Bertz CT molecular complexity index is 875. The van der Waals surface area contributed by atoms with Gasteiger partial charge in [-0.05, 0) is 26.0 Å². The summed E-state index contributed by atoms with van der Waals surface area (Å²) in [5, 5.41) is 0.456. The normalized spacial score (nSPS) is 11.0. The van der Waals surface area contributed by atoms with E-state index in [0.29, 0.717) is 22.3 Å². The maximum atomic E-state index is 12.1. The van der Waals surface area contributed by atoms with Crippen molar-refractivity contribution in [1.82, 2.24) is 14.5 Å². The van der Waals surface area contributed by atoms with Crippen LogP contribution in [0.2, 0.25) is 0 Å². The van der Waals surface area contributed by atoms with Gasteiger partial charge in [0, 0.05) is 0 Å². The number of ether oxygens (including phenoxy) is 1. The lowest BCUT2D eigenvalue weighted by atomic mass is 10.3. The van der Waals surface area contributed by atoms with Gasteiger partial charge in [-0.2, -0.15) is 0 Å². The molecule has 2 aromatic heterocycles. The molecule has 0 spiro atoms. The third-order valence-electron chi connectivity index (χ3n) is 3.03. The molecule has 0 unspecified atom stereocenters. The van der Waals surface area contributed by atoms with E-state index in [1.165, 1.54) is 4.57 Å². The average Bonchev–Trinajstić information content (AvgIpc) is 2.98. The number of nitrogens with zero attached hydrogens (tertiary/aromatic N) is 2. The van der Waals surface area contributed by atoms with Crippen LogP contribution in [0.3, 0.4) is 0 Å². The molecule has 3 aromatic rings. The van der Waals surface area contributed by atoms with Crippen LogP contribution >= 0.6 is 11.3 Å². The molecule has 3 rings (SSSR count). The number of rotatable bonds is 3. The van der Waals surface area contributed by atoms with Crippen molar-refractivity contribution in [2.75, 3.05) is 6.61 Å². The maximum Gasteiger partial charge on any atom is 0.350 e. The predicted octanol–water partition coefficient (Wildman–Crippen LogP) is 2.26. The van der Waals surface area contributed by atoms with Gasteiger partial charge in [0.25, 0.3) is 0 Å². The summed E-state index contributed by atoms with van der Waals surface area (Å²) in [5.74, 6) is -0.411. The number of aromatic nitrogens is 3. The highest BCUT2D eigenvalue weighted by Crippen LogP contribution is 2.24. The molecule has 2 heterocycles. The number of H-pyrrole nitrogens is 1. The summed E-state index contributed by atoms with van der Waals surface area (Å²) in [6.45, 7) is 3.78. The molecule has 0 aliphatic rings.